The Morgan fingerprint density at radius 1 is 1.29 bits per heavy atom. The van der Waals surface area contributed by atoms with E-state index in [1.54, 1.807) is 10.6 Å². The molecule has 1 aromatic heterocycles. The molecule has 3 heteroatoms. The molecule has 0 aliphatic heterocycles. The van der Waals surface area contributed by atoms with Gasteiger partial charge in [-0.2, -0.15) is 0 Å². The lowest BCUT2D eigenvalue weighted by atomic mass is 10.1. The van der Waals surface area contributed by atoms with Crippen molar-refractivity contribution in [3.63, 3.8) is 0 Å². The monoisotopic (exact) mass is 231 g/mol. The summed E-state index contributed by atoms with van der Waals surface area (Å²) in [6.07, 6.45) is 0. The Bertz CT molecular complexity index is 572. The summed E-state index contributed by atoms with van der Waals surface area (Å²) >= 11 is 0. The largest absolute Gasteiger partial charge is 0.380 e. The number of nitrogens with zero attached hydrogens (tertiary/aromatic N) is 1. The minimum Gasteiger partial charge on any atom is -0.380 e. The van der Waals surface area contributed by atoms with Crippen LogP contribution in [0.2, 0.25) is 0 Å². The lowest BCUT2D eigenvalue weighted by Crippen LogP contribution is -2.22. The van der Waals surface area contributed by atoms with Gasteiger partial charge in [0.2, 0.25) is 0 Å². The summed E-state index contributed by atoms with van der Waals surface area (Å²) < 4.78 is 7.09. The van der Waals surface area contributed by atoms with Gasteiger partial charge in [-0.15, -0.1) is 0 Å². The first-order valence-electron chi connectivity index (χ1n) is 5.91. The second kappa shape index (κ2) is 5.15. The summed E-state index contributed by atoms with van der Waals surface area (Å²) in [5.41, 5.74) is 2.05. The highest BCUT2D eigenvalue weighted by Gasteiger charge is 2.05. The Hall–Kier alpha value is -1.61. The van der Waals surface area contributed by atoms with Crippen LogP contribution in [0.1, 0.15) is 12.5 Å². The molecule has 0 aliphatic rings. The molecule has 90 valence electrons. The van der Waals surface area contributed by atoms with E-state index in [2.05, 4.69) is 0 Å². The number of aromatic nitrogens is 1. The van der Waals surface area contributed by atoms with Gasteiger partial charge in [-0.05, 0) is 25.5 Å². The van der Waals surface area contributed by atoms with Crippen LogP contribution in [0.5, 0.6) is 0 Å². The third kappa shape index (κ3) is 2.39. The molecule has 0 atom stereocenters. The maximum Gasteiger partial charge on any atom is 0.251 e. The number of hydrogen-bond acceptors (Lipinski definition) is 2. The van der Waals surface area contributed by atoms with E-state index in [4.69, 9.17) is 4.74 Å². The van der Waals surface area contributed by atoms with E-state index in [0.717, 1.165) is 16.5 Å². The van der Waals surface area contributed by atoms with Crippen LogP contribution in [0.3, 0.4) is 0 Å². The van der Waals surface area contributed by atoms with Crippen LogP contribution in [-0.4, -0.2) is 17.8 Å². The Morgan fingerprint density at radius 3 is 2.82 bits per heavy atom. The highest BCUT2D eigenvalue weighted by molar-refractivity contribution is 5.82. The summed E-state index contributed by atoms with van der Waals surface area (Å²) in [7, 11) is 0. The van der Waals surface area contributed by atoms with Crippen LogP contribution in [0.4, 0.5) is 0 Å². The number of benzene rings is 1. The van der Waals surface area contributed by atoms with E-state index < -0.39 is 0 Å². The van der Waals surface area contributed by atoms with Gasteiger partial charge in [-0.25, -0.2) is 0 Å². The first kappa shape index (κ1) is 11.9. The normalized spacial score (nSPS) is 10.9. The van der Waals surface area contributed by atoms with Gasteiger partial charge >= 0.3 is 0 Å². The molecule has 0 amide bonds. The van der Waals surface area contributed by atoms with Gasteiger partial charge in [0.1, 0.15) is 0 Å². The summed E-state index contributed by atoms with van der Waals surface area (Å²) in [5, 5.41) is 1.13. The van der Waals surface area contributed by atoms with Crippen molar-refractivity contribution >= 4 is 10.9 Å². The molecule has 0 saturated heterocycles. The minimum atomic E-state index is 0.0425. The van der Waals surface area contributed by atoms with Gasteiger partial charge in [0, 0.05) is 24.6 Å². The van der Waals surface area contributed by atoms with E-state index in [0.29, 0.717) is 19.8 Å². The van der Waals surface area contributed by atoms with Crippen LogP contribution in [0.15, 0.2) is 35.1 Å². The SMILES string of the molecule is CCOCCn1c(=O)cc(C)c2ccccc21. The highest BCUT2D eigenvalue weighted by Crippen LogP contribution is 2.15. The molecule has 3 nitrogen and oxygen atoms in total. The van der Waals surface area contributed by atoms with E-state index >= 15 is 0 Å². The molecule has 0 unspecified atom stereocenters. The van der Waals surface area contributed by atoms with Crippen LogP contribution < -0.4 is 5.56 Å². The standard InChI is InChI=1S/C14H17NO2/c1-3-17-9-8-15-13-7-5-4-6-12(13)11(2)10-14(15)16/h4-7,10H,3,8-9H2,1-2H3. The van der Waals surface area contributed by atoms with Crippen LogP contribution in [-0.2, 0) is 11.3 Å². The third-order valence-corrected chi connectivity index (χ3v) is 2.89. The molecule has 2 aromatic rings. The zero-order chi connectivity index (χ0) is 12.3. The molecule has 1 aromatic carbocycles. The Balaban J connectivity index is 2.50. The fourth-order valence-electron chi connectivity index (χ4n) is 2.03. The zero-order valence-electron chi connectivity index (χ0n) is 10.3. The predicted molar refractivity (Wildman–Crippen MR) is 69.4 cm³/mol. The molecule has 0 N–H and O–H groups in total. The van der Waals surface area contributed by atoms with Crippen molar-refractivity contribution in [1.82, 2.24) is 4.57 Å². The summed E-state index contributed by atoms with van der Waals surface area (Å²) in [5.74, 6) is 0. The zero-order valence-corrected chi connectivity index (χ0v) is 10.3. The van der Waals surface area contributed by atoms with Crippen molar-refractivity contribution < 1.29 is 4.74 Å². The van der Waals surface area contributed by atoms with Crippen molar-refractivity contribution in [2.45, 2.75) is 20.4 Å². The van der Waals surface area contributed by atoms with Crippen molar-refractivity contribution in [2.75, 3.05) is 13.2 Å². The van der Waals surface area contributed by atoms with Crippen LogP contribution in [0, 0.1) is 6.92 Å². The first-order chi connectivity index (χ1) is 8.24. The molecular weight excluding hydrogens is 214 g/mol. The molecule has 17 heavy (non-hydrogen) atoms. The maximum absolute atomic E-state index is 12.0. The maximum atomic E-state index is 12.0. The fourth-order valence-corrected chi connectivity index (χ4v) is 2.03. The molecule has 1 heterocycles. The molecule has 0 spiro atoms. The van der Waals surface area contributed by atoms with Gasteiger partial charge in [-0.1, -0.05) is 18.2 Å². The average molecular weight is 231 g/mol. The third-order valence-electron chi connectivity index (χ3n) is 2.89. The van der Waals surface area contributed by atoms with Gasteiger partial charge in [0.05, 0.1) is 12.1 Å². The van der Waals surface area contributed by atoms with Crippen molar-refractivity contribution in [3.8, 4) is 0 Å². The molecule has 0 aliphatic carbocycles. The number of aryl methyl sites for hydroxylation is 1. The second-order valence-electron chi connectivity index (χ2n) is 4.03. The van der Waals surface area contributed by atoms with E-state index in [1.165, 1.54) is 0 Å². The van der Waals surface area contributed by atoms with Gasteiger partial charge in [0.25, 0.3) is 5.56 Å². The Morgan fingerprint density at radius 2 is 2.06 bits per heavy atom. The predicted octanol–water partition coefficient (Wildman–Crippen LogP) is 2.35. The quantitative estimate of drug-likeness (QED) is 0.756. The molecule has 2 rings (SSSR count). The van der Waals surface area contributed by atoms with Crippen LogP contribution in [0.25, 0.3) is 10.9 Å². The number of hydrogen-bond donors (Lipinski definition) is 0. The molecule has 0 fully saturated rings. The number of rotatable bonds is 4. The topological polar surface area (TPSA) is 31.2 Å². The average Bonchev–Trinajstić information content (AvgIpc) is 2.33. The number of para-hydroxylation sites is 1. The Labute approximate surface area is 101 Å². The van der Waals surface area contributed by atoms with Gasteiger partial charge < -0.3 is 9.30 Å². The minimum absolute atomic E-state index is 0.0425. The van der Waals surface area contributed by atoms with E-state index in [9.17, 15) is 4.79 Å². The molecule has 0 saturated carbocycles. The second-order valence-corrected chi connectivity index (χ2v) is 4.03. The number of ether oxygens (including phenoxy) is 1. The van der Waals surface area contributed by atoms with Crippen molar-refractivity contribution in [2.24, 2.45) is 0 Å². The number of pyridine rings is 1. The molecule has 0 bridgehead atoms. The van der Waals surface area contributed by atoms with Crippen LogP contribution >= 0.6 is 0 Å². The summed E-state index contributed by atoms with van der Waals surface area (Å²) in [6, 6.07) is 9.66. The number of fused-ring (bicyclic) bond motifs is 1. The highest BCUT2D eigenvalue weighted by atomic mass is 16.5. The van der Waals surface area contributed by atoms with E-state index in [-0.39, 0.29) is 5.56 Å². The van der Waals surface area contributed by atoms with E-state index in [1.807, 2.05) is 38.1 Å². The van der Waals surface area contributed by atoms with Gasteiger partial charge in [0.15, 0.2) is 0 Å². The summed E-state index contributed by atoms with van der Waals surface area (Å²) in [4.78, 5) is 12.0. The molecular formula is C14H17NO2. The lowest BCUT2D eigenvalue weighted by molar-refractivity contribution is 0.139. The smallest absolute Gasteiger partial charge is 0.251 e. The lowest BCUT2D eigenvalue weighted by Gasteiger charge is -2.11. The Kier molecular flexibility index (Phi) is 3.59. The van der Waals surface area contributed by atoms with Gasteiger partial charge in [-0.3, -0.25) is 4.79 Å². The van der Waals surface area contributed by atoms with Crippen molar-refractivity contribution in [3.05, 3.63) is 46.2 Å². The van der Waals surface area contributed by atoms with Crippen molar-refractivity contribution in [1.29, 1.82) is 0 Å². The fraction of sp³-hybridized carbons (Fsp3) is 0.357. The first-order valence-corrected chi connectivity index (χ1v) is 5.91. The molecule has 0 radical (unpaired) electrons. The summed E-state index contributed by atoms with van der Waals surface area (Å²) in [6.45, 7) is 5.78.